The van der Waals surface area contributed by atoms with Crippen LogP contribution in [0.3, 0.4) is 0 Å². The summed E-state index contributed by atoms with van der Waals surface area (Å²) in [5.74, 6) is 0.868. The average Bonchev–Trinajstić information content (AvgIpc) is 3.00. The zero-order chi connectivity index (χ0) is 17.8. The highest BCUT2D eigenvalue weighted by atomic mass is 16.3. The molecule has 0 saturated carbocycles. The van der Waals surface area contributed by atoms with Gasteiger partial charge in [-0.1, -0.05) is 13.8 Å². The van der Waals surface area contributed by atoms with Gasteiger partial charge in [0, 0.05) is 39.5 Å². The second kappa shape index (κ2) is 11.1. The third-order valence-electron chi connectivity index (χ3n) is 4.75. The molecule has 1 aromatic rings. The Labute approximate surface area is 146 Å². The van der Waals surface area contributed by atoms with Crippen LogP contribution in [-0.4, -0.2) is 47.1 Å². The van der Waals surface area contributed by atoms with Crippen LogP contribution in [0.2, 0.25) is 0 Å². The SMILES string of the molecule is CCNC(=NCC(CC)(CC)CCO)NCCCc1cnn(C)c1. The summed E-state index contributed by atoms with van der Waals surface area (Å²) >= 11 is 0. The first-order valence-electron chi connectivity index (χ1n) is 9.19. The summed E-state index contributed by atoms with van der Waals surface area (Å²) in [6.07, 6.45) is 8.92. The molecular weight excluding hydrogens is 302 g/mol. The molecule has 1 aromatic heterocycles. The van der Waals surface area contributed by atoms with Gasteiger partial charge in [-0.3, -0.25) is 9.67 Å². The van der Waals surface area contributed by atoms with E-state index < -0.39 is 0 Å². The van der Waals surface area contributed by atoms with Crippen molar-refractivity contribution in [3.8, 4) is 0 Å². The summed E-state index contributed by atoms with van der Waals surface area (Å²) in [6.45, 7) is 9.15. The number of aromatic nitrogens is 2. The normalized spacial score (nSPS) is 12.5. The molecule has 0 amide bonds. The number of aliphatic imine (C=N–C) groups is 1. The van der Waals surface area contributed by atoms with Gasteiger partial charge in [0.1, 0.15) is 0 Å². The maximum atomic E-state index is 9.33. The Morgan fingerprint density at radius 3 is 2.58 bits per heavy atom. The second-order valence-corrected chi connectivity index (χ2v) is 6.43. The fraction of sp³-hybridized carbons (Fsp3) is 0.778. The summed E-state index contributed by atoms with van der Waals surface area (Å²) in [6, 6.07) is 0. The Kier molecular flexibility index (Phi) is 9.45. The van der Waals surface area contributed by atoms with Crippen LogP contribution in [0.15, 0.2) is 17.4 Å². The molecule has 1 heterocycles. The molecule has 0 aliphatic carbocycles. The van der Waals surface area contributed by atoms with E-state index >= 15 is 0 Å². The van der Waals surface area contributed by atoms with Gasteiger partial charge in [0.25, 0.3) is 0 Å². The van der Waals surface area contributed by atoms with Crippen molar-refractivity contribution >= 4 is 5.96 Å². The minimum atomic E-state index is 0.104. The Morgan fingerprint density at radius 2 is 2.04 bits per heavy atom. The monoisotopic (exact) mass is 337 g/mol. The average molecular weight is 338 g/mol. The molecule has 1 rings (SSSR count). The number of nitrogens with zero attached hydrogens (tertiary/aromatic N) is 3. The highest BCUT2D eigenvalue weighted by Gasteiger charge is 2.25. The van der Waals surface area contributed by atoms with Gasteiger partial charge in [0.15, 0.2) is 5.96 Å². The smallest absolute Gasteiger partial charge is 0.191 e. The van der Waals surface area contributed by atoms with Gasteiger partial charge in [-0.15, -0.1) is 0 Å². The van der Waals surface area contributed by atoms with E-state index in [-0.39, 0.29) is 12.0 Å². The van der Waals surface area contributed by atoms with Crippen molar-refractivity contribution in [3.05, 3.63) is 18.0 Å². The molecule has 6 heteroatoms. The maximum Gasteiger partial charge on any atom is 0.191 e. The summed E-state index contributed by atoms with van der Waals surface area (Å²) < 4.78 is 1.84. The molecule has 138 valence electrons. The first-order valence-corrected chi connectivity index (χ1v) is 9.19. The second-order valence-electron chi connectivity index (χ2n) is 6.43. The van der Waals surface area contributed by atoms with Crippen LogP contribution in [0.5, 0.6) is 0 Å². The van der Waals surface area contributed by atoms with Crippen LogP contribution in [-0.2, 0) is 13.5 Å². The first kappa shape index (κ1) is 20.5. The fourth-order valence-electron chi connectivity index (χ4n) is 2.83. The van der Waals surface area contributed by atoms with Crippen LogP contribution >= 0.6 is 0 Å². The molecule has 0 fully saturated rings. The fourth-order valence-corrected chi connectivity index (χ4v) is 2.83. The van der Waals surface area contributed by atoms with Crippen molar-refractivity contribution in [2.75, 3.05) is 26.2 Å². The summed E-state index contributed by atoms with van der Waals surface area (Å²) in [7, 11) is 1.94. The van der Waals surface area contributed by atoms with E-state index in [1.54, 1.807) is 0 Å². The molecular formula is C18H35N5O. The van der Waals surface area contributed by atoms with Crippen LogP contribution in [0.4, 0.5) is 0 Å². The van der Waals surface area contributed by atoms with Crippen LogP contribution in [0.25, 0.3) is 0 Å². The molecule has 0 aromatic carbocycles. The van der Waals surface area contributed by atoms with Gasteiger partial charge in [-0.05, 0) is 50.0 Å². The Bertz CT molecular complexity index is 480. The molecule has 0 aliphatic heterocycles. The predicted molar refractivity (Wildman–Crippen MR) is 100 cm³/mol. The van der Waals surface area contributed by atoms with Crippen molar-refractivity contribution in [1.29, 1.82) is 0 Å². The van der Waals surface area contributed by atoms with Crippen LogP contribution in [0, 0.1) is 5.41 Å². The van der Waals surface area contributed by atoms with Crippen molar-refractivity contribution in [2.45, 2.75) is 52.9 Å². The molecule has 0 unspecified atom stereocenters. The Hall–Kier alpha value is -1.56. The quantitative estimate of drug-likeness (QED) is 0.328. The van der Waals surface area contributed by atoms with E-state index in [4.69, 9.17) is 4.99 Å². The van der Waals surface area contributed by atoms with Crippen LogP contribution in [0.1, 0.15) is 52.0 Å². The van der Waals surface area contributed by atoms with Gasteiger partial charge in [0.05, 0.1) is 6.20 Å². The lowest BCUT2D eigenvalue weighted by atomic mass is 9.79. The first-order chi connectivity index (χ1) is 11.6. The maximum absolute atomic E-state index is 9.33. The van der Waals surface area contributed by atoms with Gasteiger partial charge in [-0.25, -0.2) is 0 Å². The van der Waals surface area contributed by atoms with E-state index in [9.17, 15) is 5.11 Å². The lowest BCUT2D eigenvalue weighted by Gasteiger charge is -2.29. The van der Waals surface area contributed by atoms with E-state index in [1.165, 1.54) is 5.56 Å². The van der Waals surface area contributed by atoms with Gasteiger partial charge >= 0.3 is 0 Å². The van der Waals surface area contributed by atoms with Gasteiger partial charge in [-0.2, -0.15) is 5.10 Å². The van der Waals surface area contributed by atoms with E-state index in [2.05, 4.69) is 42.7 Å². The molecule has 6 nitrogen and oxygen atoms in total. The van der Waals surface area contributed by atoms with E-state index in [0.29, 0.717) is 0 Å². The highest BCUT2D eigenvalue weighted by Crippen LogP contribution is 2.30. The Morgan fingerprint density at radius 1 is 1.29 bits per heavy atom. The van der Waals surface area contributed by atoms with Crippen molar-refractivity contribution in [2.24, 2.45) is 17.5 Å². The number of hydrogen-bond acceptors (Lipinski definition) is 3. The molecule has 3 N–H and O–H groups in total. The number of aliphatic hydroxyl groups excluding tert-OH is 1. The van der Waals surface area contributed by atoms with Gasteiger partial charge < -0.3 is 15.7 Å². The molecule has 0 atom stereocenters. The lowest BCUT2D eigenvalue weighted by Crippen LogP contribution is -2.39. The molecule has 0 spiro atoms. The lowest BCUT2D eigenvalue weighted by molar-refractivity contribution is 0.175. The minimum Gasteiger partial charge on any atom is -0.396 e. The number of aliphatic hydroxyl groups is 1. The molecule has 0 aliphatic rings. The largest absolute Gasteiger partial charge is 0.396 e. The molecule has 0 saturated heterocycles. The van der Waals surface area contributed by atoms with Gasteiger partial charge in [0.2, 0.25) is 0 Å². The predicted octanol–water partition coefficient (Wildman–Crippen LogP) is 2.10. The van der Waals surface area contributed by atoms with Crippen molar-refractivity contribution in [1.82, 2.24) is 20.4 Å². The van der Waals surface area contributed by atoms with Crippen LogP contribution < -0.4 is 10.6 Å². The molecule has 24 heavy (non-hydrogen) atoms. The number of rotatable bonds is 11. The third-order valence-corrected chi connectivity index (χ3v) is 4.75. The standard InChI is InChI=1S/C18H35N5O/c1-5-18(6-2,10-12-24)15-21-17(19-7-3)20-11-8-9-16-13-22-23(4)14-16/h13-14,24H,5-12,15H2,1-4H3,(H2,19,20,21). The number of nitrogens with one attached hydrogen (secondary N) is 2. The third kappa shape index (κ3) is 6.91. The zero-order valence-electron chi connectivity index (χ0n) is 15.8. The summed E-state index contributed by atoms with van der Waals surface area (Å²) in [5.41, 5.74) is 1.37. The molecule has 0 radical (unpaired) electrons. The Balaban J connectivity index is 2.49. The highest BCUT2D eigenvalue weighted by molar-refractivity contribution is 5.79. The van der Waals surface area contributed by atoms with Crippen molar-refractivity contribution in [3.63, 3.8) is 0 Å². The van der Waals surface area contributed by atoms with E-state index in [1.807, 2.05) is 17.9 Å². The summed E-state index contributed by atoms with van der Waals surface area (Å²) in [5, 5.41) is 20.2. The topological polar surface area (TPSA) is 74.5 Å². The van der Waals surface area contributed by atoms with Crippen molar-refractivity contribution < 1.29 is 5.11 Å². The number of hydrogen-bond donors (Lipinski definition) is 3. The minimum absolute atomic E-state index is 0.104. The number of aryl methyl sites for hydroxylation is 2. The summed E-state index contributed by atoms with van der Waals surface area (Å²) in [4.78, 5) is 4.76. The number of guanidine groups is 1. The molecule has 0 bridgehead atoms. The van der Waals surface area contributed by atoms with E-state index in [0.717, 1.165) is 57.7 Å². The zero-order valence-corrected chi connectivity index (χ0v) is 15.8.